The third kappa shape index (κ3) is 2.52. The van der Waals surface area contributed by atoms with Gasteiger partial charge >= 0.3 is 0 Å². The van der Waals surface area contributed by atoms with Gasteiger partial charge in [0.1, 0.15) is 5.75 Å². The van der Waals surface area contributed by atoms with E-state index in [1.165, 1.54) is 7.11 Å². The van der Waals surface area contributed by atoms with Gasteiger partial charge in [-0.3, -0.25) is 9.89 Å². The highest BCUT2D eigenvalue weighted by molar-refractivity contribution is 6.04. The van der Waals surface area contributed by atoms with Crippen molar-refractivity contribution in [2.45, 2.75) is 13.8 Å². The number of rotatable bonds is 3. The molecular formula is C13H16N4O2. The van der Waals surface area contributed by atoms with Crippen LogP contribution in [0.25, 0.3) is 0 Å². The van der Waals surface area contributed by atoms with Crippen molar-refractivity contribution in [2.75, 3.05) is 18.2 Å². The number of amides is 1. The van der Waals surface area contributed by atoms with E-state index in [9.17, 15) is 4.79 Å². The van der Waals surface area contributed by atoms with Gasteiger partial charge in [0.05, 0.1) is 12.8 Å². The molecular weight excluding hydrogens is 244 g/mol. The van der Waals surface area contributed by atoms with E-state index >= 15 is 0 Å². The van der Waals surface area contributed by atoms with Crippen LogP contribution in [0.5, 0.6) is 5.75 Å². The first-order chi connectivity index (χ1) is 9.02. The molecule has 1 aromatic heterocycles. The Balaban J connectivity index is 2.23. The molecule has 1 amide bonds. The number of benzene rings is 1. The van der Waals surface area contributed by atoms with E-state index < -0.39 is 0 Å². The summed E-state index contributed by atoms with van der Waals surface area (Å²) in [4.78, 5) is 12.1. The highest BCUT2D eigenvalue weighted by Crippen LogP contribution is 2.23. The summed E-state index contributed by atoms with van der Waals surface area (Å²) in [6.45, 7) is 3.78. The Morgan fingerprint density at radius 2 is 2.16 bits per heavy atom. The summed E-state index contributed by atoms with van der Waals surface area (Å²) in [7, 11) is 1.51. The van der Waals surface area contributed by atoms with Gasteiger partial charge in [0.15, 0.2) is 5.82 Å². The zero-order valence-corrected chi connectivity index (χ0v) is 11.1. The molecule has 0 fully saturated rings. The molecule has 1 aromatic carbocycles. The van der Waals surface area contributed by atoms with Gasteiger partial charge in [0.2, 0.25) is 0 Å². The lowest BCUT2D eigenvalue weighted by atomic mass is 10.1. The van der Waals surface area contributed by atoms with E-state index in [-0.39, 0.29) is 5.91 Å². The molecule has 4 N–H and O–H groups in total. The summed E-state index contributed by atoms with van der Waals surface area (Å²) < 4.78 is 5.09. The largest absolute Gasteiger partial charge is 0.495 e. The SMILES string of the molecule is COc1cc(C(=O)Nc2n[nH]c(C)c2C)ccc1N. The Hall–Kier alpha value is -2.50. The molecule has 1 heterocycles. The summed E-state index contributed by atoms with van der Waals surface area (Å²) >= 11 is 0. The van der Waals surface area contributed by atoms with Crippen LogP contribution in [-0.2, 0) is 0 Å². The Bertz CT molecular complexity index is 619. The standard InChI is InChI=1S/C13H16N4O2/c1-7-8(2)16-17-12(7)15-13(18)9-4-5-10(14)11(6-9)19-3/h4-6H,14H2,1-3H3,(H2,15,16,17,18). The Labute approximate surface area is 111 Å². The molecule has 0 aliphatic heterocycles. The number of hydrogen-bond acceptors (Lipinski definition) is 4. The third-order valence-electron chi connectivity index (χ3n) is 2.98. The normalized spacial score (nSPS) is 10.3. The lowest BCUT2D eigenvalue weighted by Gasteiger charge is -2.07. The predicted molar refractivity (Wildman–Crippen MR) is 73.4 cm³/mol. The van der Waals surface area contributed by atoms with Crippen LogP contribution in [-0.4, -0.2) is 23.2 Å². The molecule has 100 valence electrons. The third-order valence-corrected chi connectivity index (χ3v) is 2.98. The number of nitrogen functional groups attached to an aromatic ring is 1. The summed E-state index contributed by atoms with van der Waals surface area (Å²) in [5.74, 6) is 0.744. The molecule has 2 rings (SSSR count). The molecule has 0 unspecified atom stereocenters. The number of H-pyrrole nitrogens is 1. The second-order valence-corrected chi connectivity index (χ2v) is 4.23. The molecule has 0 radical (unpaired) electrons. The average molecular weight is 260 g/mol. The number of aromatic nitrogens is 2. The molecule has 0 aliphatic rings. The predicted octanol–water partition coefficient (Wildman–Crippen LogP) is 1.87. The van der Waals surface area contributed by atoms with Crippen molar-refractivity contribution in [3.05, 3.63) is 35.0 Å². The van der Waals surface area contributed by atoms with E-state index in [2.05, 4.69) is 15.5 Å². The fraction of sp³-hybridized carbons (Fsp3) is 0.231. The van der Waals surface area contributed by atoms with Gasteiger partial charge in [-0.15, -0.1) is 0 Å². The van der Waals surface area contributed by atoms with Crippen molar-refractivity contribution >= 4 is 17.4 Å². The topological polar surface area (TPSA) is 93.0 Å². The second kappa shape index (κ2) is 5.01. The van der Waals surface area contributed by atoms with Crippen LogP contribution in [0.1, 0.15) is 21.6 Å². The first-order valence-corrected chi connectivity index (χ1v) is 5.79. The maximum atomic E-state index is 12.1. The van der Waals surface area contributed by atoms with Crippen molar-refractivity contribution in [2.24, 2.45) is 0 Å². The zero-order chi connectivity index (χ0) is 14.0. The highest BCUT2D eigenvalue weighted by Gasteiger charge is 2.12. The van der Waals surface area contributed by atoms with Crippen molar-refractivity contribution in [3.8, 4) is 5.75 Å². The van der Waals surface area contributed by atoms with Crippen molar-refractivity contribution in [1.82, 2.24) is 10.2 Å². The quantitative estimate of drug-likeness (QED) is 0.734. The molecule has 6 nitrogen and oxygen atoms in total. The van der Waals surface area contributed by atoms with Gasteiger partial charge in [0, 0.05) is 16.8 Å². The monoisotopic (exact) mass is 260 g/mol. The fourth-order valence-corrected chi connectivity index (χ4v) is 1.64. The Morgan fingerprint density at radius 3 is 2.74 bits per heavy atom. The van der Waals surface area contributed by atoms with Crippen LogP contribution in [0, 0.1) is 13.8 Å². The molecule has 0 saturated heterocycles. The lowest BCUT2D eigenvalue weighted by molar-refractivity contribution is 0.102. The van der Waals surface area contributed by atoms with Gasteiger partial charge in [-0.05, 0) is 32.0 Å². The smallest absolute Gasteiger partial charge is 0.257 e. The number of aryl methyl sites for hydroxylation is 1. The number of nitrogens with two attached hydrogens (primary N) is 1. The minimum Gasteiger partial charge on any atom is -0.495 e. The minimum absolute atomic E-state index is 0.257. The van der Waals surface area contributed by atoms with Crippen molar-refractivity contribution in [1.29, 1.82) is 0 Å². The van der Waals surface area contributed by atoms with E-state index in [1.54, 1.807) is 18.2 Å². The van der Waals surface area contributed by atoms with Crippen LogP contribution in [0.3, 0.4) is 0 Å². The summed E-state index contributed by atoms with van der Waals surface area (Å²) in [6, 6.07) is 4.87. The number of nitrogens with one attached hydrogen (secondary N) is 2. The lowest BCUT2D eigenvalue weighted by Crippen LogP contribution is -2.13. The molecule has 0 aliphatic carbocycles. The van der Waals surface area contributed by atoms with E-state index in [4.69, 9.17) is 10.5 Å². The van der Waals surface area contributed by atoms with E-state index in [0.717, 1.165) is 11.3 Å². The molecule has 0 spiro atoms. The molecule has 0 saturated carbocycles. The van der Waals surface area contributed by atoms with Gasteiger partial charge in [-0.25, -0.2) is 0 Å². The number of carbonyl (C=O) groups is 1. The van der Waals surface area contributed by atoms with Gasteiger partial charge in [0.25, 0.3) is 5.91 Å². The van der Waals surface area contributed by atoms with Gasteiger partial charge in [-0.2, -0.15) is 5.10 Å². The van der Waals surface area contributed by atoms with Crippen LogP contribution in [0.4, 0.5) is 11.5 Å². The molecule has 19 heavy (non-hydrogen) atoms. The summed E-state index contributed by atoms with van der Waals surface area (Å²) in [6.07, 6.45) is 0. The number of methoxy groups -OCH3 is 1. The van der Waals surface area contributed by atoms with Crippen LogP contribution >= 0.6 is 0 Å². The van der Waals surface area contributed by atoms with Crippen molar-refractivity contribution < 1.29 is 9.53 Å². The first kappa shape index (κ1) is 12.9. The number of nitrogens with zero attached hydrogens (tertiary/aromatic N) is 1. The van der Waals surface area contributed by atoms with Crippen LogP contribution < -0.4 is 15.8 Å². The second-order valence-electron chi connectivity index (χ2n) is 4.23. The maximum Gasteiger partial charge on any atom is 0.257 e. The van der Waals surface area contributed by atoms with E-state index in [1.807, 2.05) is 13.8 Å². The summed E-state index contributed by atoms with van der Waals surface area (Å²) in [5, 5.41) is 9.58. The first-order valence-electron chi connectivity index (χ1n) is 5.79. The molecule has 2 aromatic rings. The highest BCUT2D eigenvalue weighted by atomic mass is 16.5. The zero-order valence-electron chi connectivity index (χ0n) is 11.1. The van der Waals surface area contributed by atoms with Crippen LogP contribution in [0.15, 0.2) is 18.2 Å². The van der Waals surface area contributed by atoms with Gasteiger partial charge < -0.3 is 15.8 Å². The fourth-order valence-electron chi connectivity index (χ4n) is 1.64. The molecule has 0 atom stereocenters. The average Bonchev–Trinajstić information content (AvgIpc) is 2.71. The molecule has 0 bridgehead atoms. The molecule has 6 heteroatoms. The number of carbonyl (C=O) groups excluding carboxylic acids is 1. The van der Waals surface area contributed by atoms with Crippen molar-refractivity contribution in [3.63, 3.8) is 0 Å². The van der Waals surface area contributed by atoms with Crippen LogP contribution in [0.2, 0.25) is 0 Å². The summed E-state index contributed by atoms with van der Waals surface area (Å²) in [5.41, 5.74) is 8.50. The minimum atomic E-state index is -0.257. The maximum absolute atomic E-state index is 12.1. The number of aromatic amines is 1. The number of anilines is 2. The number of ether oxygens (including phenoxy) is 1. The number of hydrogen-bond donors (Lipinski definition) is 3. The van der Waals surface area contributed by atoms with Gasteiger partial charge in [-0.1, -0.05) is 0 Å². The Morgan fingerprint density at radius 1 is 1.42 bits per heavy atom. The van der Waals surface area contributed by atoms with E-state index in [0.29, 0.717) is 22.8 Å². The Kier molecular flexibility index (Phi) is 3.41.